The highest BCUT2D eigenvalue weighted by Crippen LogP contribution is 2.15. The minimum atomic E-state index is 0.476. The van der Waals surface area contributed by atoms with Crippen molar-refractivity contribution in [2.45, 2.75) is 64.2 Å². The predicted molar refractivity (Wildman–Crippen MR) is 145 cm³/mol. The molecule has 4 N–H and O–H groups in total. The van der Waals surface area contributed by atoms with E-state index in [4.69, 9.17) is 9.47 Å². The molecule has 0 aliphatic carbocycles. The van der Waals surface area contributed by atoms with Gasteiger partial charge in [0.25, 0.3) is 0 Å². The molecule has 8 nitrogen and oxygen atoms in total. The van der Waals surface area contributed by atoms with Crippen molar-refractivity contribution in [1.82, 2.24) is 11.0 Å². The molecule has 0 atom stereocenters. The van der Waals surface area contributed by atoms with Crippen molar-refractivity contribution in [2.75, 3.05) is 27.3 Å². The van der Waals surface area contributed by atoms with Crippen LogP contribution in [-0.4, -0.2) is 49.4 Å². The van der Waals surface area contributed by atoms with Crippen LogP contribution < -0.4 is 20.4 Å². The first-order valence-corrected chi connectivity index (χ1v) is 12.9. The zero-order valence-corrected chi connectivity index (χ0v) is 21.7. The number of amidine groups is 2. The Bertz CT molecular complexity index is 858. The van der Waals surface area contributed by atoms with Gasteiger partial charge in [-0.25, -0.2) is 0 Å². The number of hydrogen-bond donors (Lipinski definition) is 4. The van der Waals surface area contributed by atoms with Gasteiger partial charge in [-0.1, -0.05) is 75.6 Å². The topological polar surface area (TPSA) is 108 Å². The van der Waals surface area contributed by atoms with E-state index < -0.39 is 0 Å². The highest BCUT2D eigenvalue weighted by atomic mass is 16.5. The Labute approximate surface area is 215 Å². The van der Waals surface area contributed by atoms with Crippen LogP contribution in [0.15, 0.2) is 58.5 Å². The fourth-order valence-corrected chi connectivity index (χ4v) is 3.94. The van der Waals surface area contributed by atoms with Gasteiger partial charge in [0.2, 0.25) is 0 Å². The summed E-state index contributed by atoms with van der Waals surface area (Å²) in [6.07, 6.45) is 11.8. The van der Waals surface area contributed by atoms with Gasteiger partial charge in [-0.3, -0.25) is 31.4 Å². The summed E-state index contributed by atoms with van der Waals surface area (Å²) in [5.41, 5.74) is 6.03. The number of hydroxylamine groups is 2. The number of nitrogens with one attached hydrogen (secondary N) is 2. The number of methoxy groups -OCH3 is 2. The molecule has 0 saturated carbocycles. The number of nitrogens with zero attached hydrogens (tertiary/aromatic N) is 2. The van der Waals surface area contributed by atoms with Crippen molar-refractivity contribution in [3.63, 3.8) is 0 Å². The highest BCUT2D eigenvalue weighted by molar-refractivity contribution is 5.98. The number of hydrogen-bond acceptors (Lipinski definition) is 6. The zero-order valence-electron chi connectivity index (χ0n) is 21.7. The summed E-state index contributed by atoms with van der Waals surface area (Å²) in [5, 5.41) is 18.8. The van der Waals surface area contributed by atoms with E-state index in [-0.39, 0.29) is 0 Å². The minimum absolute atomic E-state index is 0.476. The van der Waals surface area contributed by atoms with E-state index in [1.165, 1.54) is 38.5 Å². The second kappa shape index (κ2) is 18.2. The molecule has 0 heterocycles. The lowest BCUT2D eigenvalue weighted by molar-refractivity contribution is 0.234. The smallest absolute Gasteiger partial charge is 0.152 e. The number of rotatable bonds is 17. The summed E-state index contributed by atoms with van der Waals surface area (Å²) >= 11 is 0. The fraction of sp³-hybridized carbons (Fsp3) is 0.500. The molecule has 0 unspecified atom stereocenters. The molecule has 0 aliphatic heterocycles. The molecule has 0 radical (unpaired) electrons. The van der Waals surface area contributed by atoms with E-state index in [0.717, 1.165) is 48.3 Å². The van der Waals surface area contributed by atoms with Crippen LogP contribution in [0.2, 0.25) is 0 Å². The van der Waals surface area contributed by atoms with Crippen molar-refractivity contribution >= 4 is 11.7 Å². The summed E-state index contributed by atoms with van der Waals surface area (Å²) in [6, 6.07) is 15.0. The average Bonchev–Trinajstić information content (AvgIpc) is 2.93. The predicted octanol–water partition coefficient (Wildman–Crippen LogP) is 5.76. The molecule has 36 heavy (non-hydrogen) atoms. The van der Waals surface area contributed by atoms with E-state index in [1.54, 1.807) is 14.2 Å². The van der Waals surface area contributed by atoms with Crippen LogP contribution in [0.5, 0.6) is 11.5 Å². The van der Waals surface area contributed by atoms with Gasteiger partial charge in [0, 0.05) is 24.2 Å². The van der Waals surface area contributed by atoms with E-state index in [9.17, 15) is 10.4 Å². The molecular weight excluding hydrogens is 456 g/mol. The number of ether oxygens (including phenoxy) is 2. The first-order valence-electron chi connectivity index (χ1n) is 12.9. The Morgan fingerprint density at radius 3 is 1.31 bits per heavy atom. The maximum Gasteiger partial charge on any atom is 0.152 e. The van der Waals surface area contributed by atoms with Crippen molar-refractivity contribution in [3.05, 3.63) is 59.7 Å². The largest absolute Gasteiger partial charge is 0.497 e. The number of benzene rings is 2. The van der Waals surface area contributed by atoms with E-state index in [0.29, 0.717) is 24.8 Å². The lowest BCUT2D eigenvalue weighted by Crippen LogP contribution is -2.20. The van der Waals surface area contributed by atoms with Crippen molar-refractivity contribution in [3.8, 4) is 11.5 Å². The first kappa shape index (κ1) is 29.1. The van der Waals surface area contributed by atoms with Gasteiger partial charge in [-0.2, -0.15) is 0 Å². The number of aliphatic imine (C=N–C) groups is 2. The molecule has 8 heteroatoms. The average molecular weight is 499 g/mol. The Morgan fingerprint density at radius 1 is 0.611 bits per heavy atom. The third-order valence-corrected chi connectivity index (χ3v) is 6.00. The summed E-state index contributed by atoms with van der Waals surface area (Å²) in [5.74, 6) is 2.43. The molecule has 0 fully saturated rings. The summed E-state index contributed by atoms with van der Waals surface area (Å²) in [6.45, 7) is 1.38. The van der Waals surface area contributed by atoms with E-state index in [2.05, 4.69) is 20.9 Å². The van der Waals surface area contributed by atoms with Crippen LogP contribution in [0, 0.1) is 0 Å². The SMILES string of the molecule is COc1cccc(C(=NCCCCCCCCCCCCN=C(NO)c2cccc(OC)c2)NO)c1. The van der Waals surface area contributed by atoms with Gasteiger partial charge in [-0.05, 0) is 37.1 Å². The minimum Gasteiger partial charge on any atom is -0.497 e. The molecule has 198 valence electrons. The second-order valence-corrected chi connectivity index (χ2v) is 8.68. The highest BCUT2D eigenvalue weighted by Gasteiger charge is 2.04. The second-order valence-electron chi connectivity index (χ2n) is 8.68. The molecule has 2 aromatic carbocycles. The maximum absolute atomic E-state index is 9.39. The van der Waals surface area contributed by atoms with Gasteiger partial charge < -0.3 is 9.47 Å². The molecule has 0 spiro atoms. The van der Waals surface area contributed by atoms with Crippen LogP contribution in [0.4, 0.5) is 0 Å². The van der Waals surface area contributed by atoms with Gasteiger partial charge in [0.05, 0.1) is 14.2 Å². The molecule has 0 aliphatic rings. The van der Waals surface area contributed by atoms with Gasteiger partial charge in [0.1, 0.15) is 11.5 Å². The van der Waals surface area contributed by atoms with Gasteiger partial charge in [0.15, 0.2) is 11.7 Å². The van der Waals surface area contributed by atoms with E-state index >= 15 is 0 Å². The lowest BCUT2D eigenvalue weighted by Gasteiger charge is -2.07. The van der Waals surface area contributed by atoms with Crippen LogP contribution in [0.1, 0.15) is 75.3 Å². The Hall–Kier alpha value is -3.10. The standard InChI is InChI=1S/C28H42N4O4/c1-35-25-17-13-15-23(21-25)27(31-33)29-19-11-9-7-5-3-4-6-8-10-12-20-30-28(32-34)24-16-14-18-26(22-24)36-2/h13-18,21-22,33-34H,3-12,19-20H2,1-2H3,(H,29,31)(H,30,32). The first-order chi connectivity index (χ1) is 17.7. The van der Waals surface area contributed by atoms with Gasteiger partial charge >= 0.3 is 0 Å². The lowest BCUT2D eigenvalue weighted by atomic mass is 10.1. The quantitative estimate of drug-likeness (QED) is 0.0956. The maximum atomic E-state index is 9.39. The molecule has 0 saturated heterocycles. The van der Waals surface area contributed by atoms with Crippen molar-refractivity contribution < 1.29 is 19.9 Å². The molecule has 0 amide bonds. The fourth-order valence-electron chi connectivity index (χ4n) is 3.94. The summed E-state index contributed by atoms with van der Waals surface area (Å²) in [7, 11) is 3.24. The van der Waals surface area contributed by atoms with Crippen molar-refractivity contribution in [2.24, 2.45) is 9.98 Å². The van der Waals surface area contributed by atoms with Crippen LogP contribution in [0.3, 0.4) is 0 Å². The zero-order chi connectivity index (χ0) is 25.8. The molecule has 2 rings (SSSR count). The van der Waals surface area contributed by atoms with Gasteiger partial charge in [-0.15, -0.1) is 0 Å². The Kier molecular flexibility index (Phi) is 14.7. The Balaban J connectivity index is 1.49. The number of unbranched alkanes of at least 4 members (excludes halogenated alkanes) is 9. The third-order valence-electron chi connectivity index (χ3n) is 6.00. The molecule has 0 aromatic heterocycles. The monoisotopic (exact) mass is 498 g/mol. The Morgan fingerprint density at radius 2 is 0.972 bits per heavy atom. The third kappa shape index (κ3) is 11.1. The van der Waals surface area contributed by atoms with Crippen molar-refractivity contribution in [1.29, 1.82) is 0 Å². The van der Waals surface area contributed by atoms with E-state index in [1.807, 2.05) is 48.5 Å². The summed E-state index contributed by atoms with van der Waals surface area (Å²) < 4.78 is 10.4. The molecule has 2 aromatic rings. The van der Waals surface area contributed by atoms with Crippen LogP contribution >= 0.6 is 0 Å². The summed E-state index contributed by atoms with van der Waals surface area (Å²) in [4.78, 5) is 8.96. The van der Waals surface area contributed by atoms with Crippen LogP contribution in [-0.2, 0) is 0 Å². The molecular formula is C28H42N4O4. The van der Waals surface area contributed by atoms with Crippen LogP contribution in [0.25, 0.3) is 0 Å². The molecule has 0 bridgehead atoms. The normalized spacial score (nSPS) is 11.9.